The third kappa shape index (κ3) is 9.13. The smallest absolute Gasteiger partial charge is 0.338 e. The summed E-state index contributed by atoms with van der Waals surface area (Å²) in [6.45, 7) is 0.918. The van der Waals surface area contributed by atoms with Crippen molar-refractivity contribution in [3.8, 4) is 36.2 Å². The number of fused-ring (bicyclic) bond motifs is 2. The maximum Gasteiger partial charge on any atom is 0.338 e. The van der Waals surface area contributed by atoms with Gasteiger partial charge in [-0.15, -0.1) is 19.4 Å². The van der Waals surface area contributed by atoms with Gasteiger partial charge >= 0.3 is 29.0 Å². The molecule has 0 aliphatic rings. The van der Waals surface area contributed by atoms with Crippen molar-refractivity contribution >= 4 is 33.5 Å². The van der Waals surface area contributed by atoms with Crippen molar-refractivity contribution < 1.29 is 38.7 Å². The third-order valence-corrected chi connectivity index (χ3v) is 8.04. The van der Waals surface area contributed by atoms with E-state index in [1.807, 2.05) is 0 Å². The Morgan fingerprint density at radius 1 is 0.648 bits per heavy atom. The minimum Gasteiger partial charge on any atom is -0.481 e. The van der Waals surface area contributed by atoms with Crippen LogP contribution in [-0.2, 0) is 29.1 Å². The Kier molecular flexibility index (Phi) is 12.5. The van der Waals surface area contributed by atoms with E-state index >= 15 is 0 Å². The fourth-order valence-corrected chi connectivity index (χ4v) is 5.45. The molecule has 0 radical (unpaired) electrons. The Balaban J connectivity index is 1.24. The molecule has 0 amide bonds. The van der Waals surface area contributed by atoms with Crippen LogP contribution in [0.2, 0.25) is 0 Å². The van der Waals surface area contributed by atoms with E-state index in [0.29, 0.717) is 36.0 Å². The van der Waals surface area contributed by atoms with Crippen molar-refractivity contribution in [3.05, 3.63) is 128 Å². The van der Waals surface area contributed by atoms with E-state index in [1.165, 1.54) is 18.2 Å². The molecule has 14 nitrogen and oxygen atoms in total. The van der Waals surface area contributed by atoms with Gasteiger partial charge in [-0.05, 0) is 70.1 Å². The number of nitrogens with zero attached hydrogens (tertiary/aromatic N) is 3. The molecule has 0 aliphatic carbocycles. The van der Waals surface area contributed by atoms with Gasteiger partial charge in [-0.3, -0.25) is 0 Å². The number of esters is 2. The first-order chi connectivity index (χ1) is 26.0. The quantitative estimate of drug-likeness (QED) is 0.0863. The normalized spacial score (nSPS) is 11.9. The van der Waals surface area contributed by atoms with Crippen LogP contribution < -0.4 is 26.5 Å². The van der Waals surface area contributed by atoms with E-state index in [-0.39, 0.29) is 30.9 Å². The molecule has 276 valence electrons. The largest absolute Gasteiger partial charge is 0.481 e. The Morgan fingerprint density at radius 2 is 1.04 bits per heavy atom. The molecule has 0 saturated carbocycles. The number of rotatable bonds is 16. The summed E-state index contributed by atoms with van der Waals surface area (Å²) in [5, 5.41) is 24.4. The van der Waals surface area contributed by atoms with Crippen LogP contribution in [0.4, 0.5) is 0 Å². The van der Waals surface area contributed by atoms with Crippen LogP contribution in [-0.4, -0.2) is 74.5 Å². The predicted molar refractivity (Wildman–Crippen MR) is 199 cm³/mol. The first-order valence-corrected chi connectivity index (χ1v) is 16.5. The molecule has 54 heavy (non-hydrogen) atoms. The fraction of sp³-hybridized carbons (Fsp3) is 0.225. The number of aliphatic hydroxyl groups excluding tert-OH is 2. The highest BCUT2D eigenvalue weighted by molar-refractivity contribution is 5.96. The number of hydrogen-bond donors (Lipinski definition) is 2. The van der Waals surface area contributed by atoms with Gasteiger partial charge in [-0.1, -0.05) is 42.2 Å². The molecule has 2 N–H and O–H groups in total. The summed E-state index contributed by atoms with van der Waals surface area (Å²) >= 11 is 0. The molecular formula is C40H35N3O11. The number of benzene rings is 4. The van der Waals surface area contributed by atoms with Crippen molar-refractivity contribution in [1.82, 2.24) is 13.7 Å². The number of aliphatic hydroxyl groups is 2. The SMILES string of the molecule is C#CCOc1ccc2cc(C(=O)OCC(O)Cn3c(=O)n(CC=C)c(=O)n(CC(O)COC(=O)c4ccc5cc(OCC#C)ccc5c4)c3=O)ccc2c1. The van der Waals surface area contributed by atoms with Gasteiger partial charge < -0.3 is 29.2 Å². The van der Waals surface area contributed by atoms with Crippen molar-refractivity contribution in [2.75, 3.05) is 26.4 Å². The zero-order valence-electron chi connectivity index (χ0n) is 28.9. The molecule has 1 aromatic heterocycles. The molecule has 14 heteroatoms. The molecule has 4 aromatic carbocycles. The Labute approximate surface area is 308 Å². The molecule has 1 heterocycles. The molecule has 0 fully saturated rings. The molecule has 5 rings (SSSR count). The van der Waals surface area contributed by atoms with Crippen LogP contribution in [0.5, 0.6) is 11.5 Å². The van der Waals surface area contributed by atoms with Crippen LogP contribution >= 0.6 is 0 Å². The number of carbonyl (C=O) groups excluding carboxylic acids is 2. The van der Waals surface area contributed by atoms with Crippen molar-refractivity contribution in [1.29, 1.82) is 0 Å². The van der Waals surface area contributed by atoms with Crippen LogP contribution in [0.1, 0.15) is 20.7 Å². The van der Waals surface area contributed by atoms with Crippen molar-refractivity contribution in [2.24, 2.45) is 0 Å². The summed E-state index contributed by atoms with van der Waals surface area (Å²) in [5.74, 6) is 4.35. The highest BCUT2D eigenvalue weighted by atomic mass is 16.5. The standard InChI is InChI=1S/C40H35N3O11/c1-4-15-41-38(48)42(22-32(44)24-53-36(46)30-9-7-28-20-34(51-16-5-2)13-11-26(28)18-30)40(50)43(39(41)49)23-33(45)25-54-37(47)31-10-8-29-21-35(52-17-6-3)14-12-27(29)19-31/h2-4,7-14,18-21,32-33,44-45H,1,15-17,22-25H2. The van der Waals surface area contributed by atoms with Crippen LogP contribution in [0.3, 0.4) is 0 Å². The summed E-state index contributed by atoms with van der Waals surface area (Å²) in [6, 6.07) is 20.0. The highest BCUT2D eigenvalue weighted by Gasteiger charge is 2.22. The molecule has 2 unspecified atom stereocenters. The zero-order chi connectivity index (χ0) is 38.8. The highest BCUT2D eigenvalue weighted by Crippen LogP contribution is 2.24. The number of hydrogen-bond acceptors (Lipinski definition) is 11. The predicted octanol–water partition coefficient (Wildman–Crippen LogP) is 2.12. The van der Waals surface area contributed by atoms with Gasteiger partial charge in [0.05, 0.1) is 30.8 Å². The average Bonchev–Trinajstić information content (AvgIpc) is 3.18. The lowest BCUT2D eigenvalue weighted by Crippen LogP contribution is -2.56. The monoisotopic (exact) mass is 733 g/mol. The maximum atomic E-state index is 13.4. The first kappa shape index (κ1) is 38.4. The zero-order valence-corrected chi connectivity index (χ0v) is 28.9. The number of allylic oxidation sites excluding steroid dienone is 1. The van der Waals surface area contributed by atoms with E-state index in [4.69, 9.17) is 31.8 Å². The number of terminal acetylenes is 2. The second-order valence-corrected chi connectivity index (χ2v) is 11.9. The summed E-state index contributed by atoms with van der Waals surface area (Å²) in [4.78, 5) is 65.3. The van der Waals surface area contributed by atoms with Gasteiger partial charge in [0.1, 0.15) is 50.1 Å². The molecule has 0 aliphatic heterocycles. The topological polar surface area (TPSA) is 178 Å². The van der Waals surface area contributed by atoms with Gasteiger partial charge in [0.25, 0.3) is 0 Å². The van der Waals surface area contributed by atoms with Gasteiger partial charge in [0, 0.05) is 0 Å². The minimum atomic E-state index is -1.55. The fourth-order valence-electron chi connectivity index (χ4n) is 5.45. The molecular weight excluding hydrogens is 698 g/mol. The van der Waals surface area contributed by atoms with E-state index in [9.17, 15) is 34.2 Å². The number of aromatic nitrogens is 3. The van der Waals surface area contributed by atoms with E-state index in [0.717, 1.165) is 10.8 Å². The first-order valence-electron chi connectivity index (χ1n) is 16.5. The summed E-state index contributed by atoms with van der Waals surface area (Å²) in [5.41, 5.74) is -2.90. The van der Waals surface area contributed by atoms with Gasteiger partial charge in [-0.2, -0.15) is 0 Å². The Bertz CT molecular complexity index is 2320. The van der Waals surface area contributed by atoms with Gasteiger partial charge in [0.2, 0.25) is 0 Å². The van der Waals surface area contributed by atoms with E-state index < -0.39 is 67.5 Å². The lowest BCUT2D eigenvalue weighted by atomic mass is 10.1. The van der Waals surface area contributed by atoms with Gasteiger partial charge in [0.15, 0.2) is 0 Å². The van der Waals surface area contributed by atoms with Crippen LogP contribution in [0.25, 0.3) is 21.5 Å². The summed E-state index contributed by atoms with van der Waals surface area (Å²) in [7, 11) is 0. The minimum absolute atomic E-state index is 0.105. The molecule has 0 bridgehead atoms. The number of carbonyl (C=O) groups is 2. The van der Waals surface area contributed by atoms with Crippen LogP contribution in [0, 0.1) is 24.7 Å². The lowest BCUT2D eigenvalue weighted by molar-refractivity contribution is 0.0189. The van der Waals surface area contributed by atoms with Crippen molar-refractivity contribution in [3.63, 3.8) is 0 Å². The molecule has 0 saturated heterocycles. The van der Waals surface area contributed by atoms with Crippen molar-refractivity contribution in [2.45, 2.75) is 31.8 Å². The lowest BCUT2D eigenvalue weighted by Gasteiger charge is -2.18. The third-order valence-electron chi connectivity index (χ3n) is 8.04. The Hall–Kier alpha value is -6.87. The van der Waals surface area contributed by atoms with Crippen LogP contribution in [0.15, 0.2) is 99.8 Å². The molecule has 2 atom stereocenters. The second kappa shape index (κ2) is 17.6. The maximum absolute atomic E-state index is 13.4. The van der Waals surface area contributed by atoms with E-state index in [2.05, 4.69) is 18.4 Å². The Morgan fingerprint density at radius 3 is 1.44 bits per heavy atom. The summed E-state index contributed by atoms with van der Waals surface area (Å²) < 4.78 is 23.2. The average molecular weight is 734 g/mol. The summed E-state index contributed by atoms with van der Waals surface area (Å²) in [6.07, 6.45) is 8.62. The van der Waals surface area contributed by atoms with E-state index in [1.54, 1.807) is 60.7 Å². The molecule has 0 spiro atoms. The number of ether oxygens (including phenoxy) is 4. The van der Waals surface area contributed by atoms with Gasteiger partial charge in [-0.25, -0.2) is 37.7 Å². The molecule has 5 aromatic rings. The second-order valence-electron chi connectivity index (χ2n) is 11.9.